The highest BCUT2D eigenvalue weighted by Crippen LogP contribution is 2.18. The van der Waals surface area contributed by atoms with Gasteiger partial charge < -0.3 is 4.57 Å². The van der Waals surface area contributed by atoms with Crippen LogP contribution in [-0.4, -0.2) is 15.8 Å². The molecule has 0 saturated carbocycles. The van der Waals surface area contributed by atoms with Crippen molar-refractivity contribution in [3.05, 3.63) is 42.2 Å². The minimum Gasteiger partial charge on any atom is -0.331 e. The van der Waals surface area contributed by atoms with Gasteiger partial charge >= 0.3 is 0 Å². The van der Waals surface area contributed by atoms with Crippen molar-refractivity contribution in [1.29, 1.82) is 0 Å². The maximum absolute atomic E-state index is 10.7. The van der Waals surface area contributed by atoms with Crippen LogP contribution in [0.15, 0.2) is 36.7 Å². The van der Waals surface area contributed by atoms with Crippen LogP contribution >= 0.6 is 0 Å². The summed E-state index contributed by atoms with van der Waals surface area (Å²) in [5.74, 6) is 0.922. The second-order valence-electron chi connectivity index (χ2n) is 3.69. The van der Waals surface area contributed by atoms with Gasteiger partial charge in [0.1, 0.15) is 12.1 Å². The highest BCUT2D eigenvalue weighted by Gasteiger charge is 2.05. The summed E-state index contributed by atoms with van der Waals surface area (Å²) in [6.45, 7) is 3.08. The quantitative estimate of drug-likeness (QED) is 0.733. The lowest BCUT2D eigenvalue weighted by molar-refractivity contribution is 0.112. The van der Waals surface area contributed by atoms with Gasteiger partial charge in [-0.25, -0.2) is 4.98 Å². The third kappa shape index (κ3) is 2.03. The lowest BCUT2D eigenvalue weighted by Crippen LogP contribution is -1.98. The molecule has 1 aromatic carbocycles. The Morgan fingerprint density at radius 3 is 3.06 bits per heavy atom. The van der Waals surface area contributed by atoms with Crippen LogP contribution in [0.3, 0.4) is 0 Å². The number of hydrogen-bond donors (Lipinski definition) is 0. The molecular weight excluding hydrogens is 200 g/mol. The summed E-state index contributed by atoms with van der Waals surface area (Å²) in [6.07, 6.45) is 5.68. The average molecular weight is 214 g/mol. The van der Waals surface area contributed by atoms with Gasteiger partial charge in [0.15, 0.2) is 0 Å². The molecule has 0 aliphatic heterocycles. The maximum Gasteiger partial charge on any atom is 0.150 e. The van der Waals surface area contributed by atoms with Gasteiger partial charge in [-0.15, -0.1) is 0 Å². The lowest BCUT2D eigenvalue weighted by Gasteiger charge is -2.06. The third-order valence-electron chi connectivity index (χ3n) is 2.46. The summed E-state index contributed by atoms with van der Waals surface area (Å²) >= 11 is 0. The second-order valence-corrected chi connectivity index (χ2v) is 3.69. The number of nitrogens with zero attached hydrogens (tertiary/aromatic N) is 2. The Morgan fingerprint density at radius 2 is 2.31 bits per heavy atom. The monoisotopic (exact) mass is 214 g/mol. The van der Waals surface area contributed by atoms with Crippen LogP contribution in [0.1, 0.15) is 23.7 Å². The smallest absolute Gasteiger partial charge is 0.150 e. The van der Waals surface area contributed by atoms with Gasteiger partial charge in [0.25, 0.3) is 0 Å². The Kier molecular flexibility index (Phi) is 3.15. The largest absolute Gasteiger partial charge is 0.331 e. The number of hydrogen-bond acceptors (Lipinski definition) is 2. The number of benzene rings is 1. The van der Waals surface area contributed by atoms with E-state index in [9.17, 15) is 4.79 Å². The van der Waals surface area contributed by atoms with E-state index in [2.05, 4.69) is 16.5 Å². The molecule has 0 fully saturated rings. The molecule has 0 unspecified atom stereocenters. The molecule has 0 bridgehead atoms. The molecule has 1 aromatic heterocycles. The fourth-order valence-corrected chi connectivity index (χ4v) is 1.74. The first kappa shape index (κ1) is 10.6. The highest BCUT2D eigenvalue weighted by molar-refractivity contribution is 5.77. The molecule has 0 aliphatic rings. The Balaban J connectivity index is 2.41. The van der Waals surface area contributed by atoms with Crippen LogP contribution in [0.25, 0.3) is 11.4 Å². The van der Waals surface area contributed by atoms with Crippen molar-refractivity contribution < 1.29 is 4.79 Å². The molecule has 0 atom stereocenters. The Bertz CT molecular complexity index is 488. The van der Waals surface area contributed by atoms with Gasteiger partial charge in [-0.3, -0.25) is 4.79 Å². The topological polar surface area (TPSA) is 34.9 Å². The summed E-state index contributed by atoms with van der Waals surface area (Å²) in [4.78, 5) is 15.0. The maximum atomic E-state index is 10.7. The zero-order chi connectivity index (χ0) is 11.4. The summed E-state index contributed by atoms with van der Waals surface area (Å²) in [5.41, 5.74) is 1.67. The standard InChI is InChI=1S/C13H14N2O/c1-2-7-15-8-6-14-13(15)12-5-3-4-11(9-12)10-16/h3-6,8-10H,2,7H2,1H3. The molecule has 1 heterocycles. The highest BCUT2D eigenvalue weighted by atomic mass is 16.1. The summed E-state index contributed by atoms with van der Waals surface area (Å²) in [7, 11) is 0. The molecule has 0 saturated heterocycles. The number of aldehydes is 1. The Hall–Kier alpha value is -1.90. The third-order valence-corrected chi connectivity index (χ3v) is 2.46. The predicted molar refractivity (Wildman–Crippen MR) is 63.3 cm³/mol. The molecule has 0 aliphatic carbocycles. The summed E-state index contributed by atoms with van der Waals surface area (Å²) in [6, 6.07) is 7.51. The van der Waals surface area contributed by atoms with E-state index in [1.165, 1.54) is 0 Å². The van der Waals surface area contributed by atoms with Crippen molar-refractivity contribution in [1.82, 2.24) is 9.55 Å². The molecule has 3 nitrogen and oxygen atoms in total. The van der Waals surface area contributed by atoms with Gasteiger partial charge in [0.2, 0.25) is 0 Å². The first-order chi connectivity index (χ1) is 7.85. The van der Waals surface area contributed by atoms with Crippen LogP contribution in [0.4, 0.5) is 0 Å². The summed E-state index contributed by atoms with van der Waals surface area (Å²) < 4.78 is 2.10. The van der Waals surface area contributed by atoms with Gasteiger partial charge in [-0.2, -0.15) is 0 Å². The van der Waals surface area contributed by atoms with Gasteiger partial charge in [-0.1, -0.05) is 25.1 Å². The molecular formula is C13H14N2O. The van der Waals surface area contributed by atoms with E-state index in [1.807, 2.05) is 24.4 Å². The van der Waals surface area contributed by atoms with E-state index in [0.717, 1.165) is 30.6 Å². The van der Waals surface area contributed by atoms with Crippen LogP contribution in [0, 0.1) is 0 Å². The molecule has 0 spiro atoms. The van der Waals surface area contributed by atoms with E-state index < -0.39 is 0 Å². The van der Waals surface area contributed by atoms with Crippen LogP contribution in [0.2, 0.25) is 0 Å². The van der Waals surface area contributed by atoms with Gasteiger partial charge in [0, 0.05) is 30.1 Å². The van der Waals surface area contributed by atoms with Crippen LogP contribution in [0.5, 0.6) is 0 Å². The van der Waals surface area contributed by atoms with Crippen molar-refractivity contribution in [3.63, 3.8) is 0 Å². The van der Waals surface area contributed by atoms with Crippen LogP contribution in [-0.2, 0) is 6.54 Å². The molecule has 0 amide bonds. The molecule has 16 heavy (non-hydrogen) atoms. The molecule has 0 N–H and O–H groups in total. The number of aromatic nitrogens is 2. The van der Waals surface area contributed by atoms with E-state index >= 15 is 0 Å². The molecule has 3 heteroatoms. The molecule has 82 valence electrons. The lowest BCUT2D eigenvalue weighted by atomic mass is 10.1. The minimum atomic E-state index is 0.684. The predicted octanol–water partition coefficient (Wildman–Crippen LogP) is 2.77. The minimum absolute atomic E-state index is 0.684. The van der Waals surface area contributed by atoms with E-state index in [0.29, 0.717) is 5.56 Å². The zero-order valence-electron chi connectivity index (χ0n) is 9.26. The average Bonchev–Trinajstić information content (AvgIpc) is 2.78. The normalized spacial score (nSPS) is 10.3. The van der Waals surface area contributed by atoms with Crippen molar-refractivity contribution in [2.45, 2.75) is 19.9 Å². The second kappa shape index (κ2) is 4.75. The SMILES string of the molecule is CCCn1ccnc1-c1cccc(C=O)c1. The van der Waals surface area contributed by atoms with Crippen molar-refractivity contribution in [2.75, 3.05) is 0 Å². The number of carbonyl (C=O) groups excluding carboxylic acids is 1. The Labute approximate surface area is 94.7 Å². The van der Waals surface area contributed by atoms with Gasteiger partial charge in [-0.05, 0) is 12.5 Å². The molecule has 2 rings (SSSR count). The number of aryl methyl sites for hydroxylation is 1. The summed E-state index contributed by atoms with van der Waals surface area (Å²) in [5, 5.41) is 0. The first-order valence-corrected chi connectivity index (χ1v) is 5.42. The Morgan fingerprint density at radius 1 is 1.44 bits per heavy atom. The molecule has 0 radical (unpaired) electrons. The fraction of sp³-hybridized carbons (Fsp3) is 0.231. The number of rotatable bonds is 4. The first-order valence-electron chi connectivity index (χ1n) is 5.42. The van der Waals surface area contributed by atoms with Gasteiger partial charge in [0.05, 0.1) is 0 Å². The number of imidazole rings is 1. The van der Waals surface area contributed by atoms with E-state index in [-0.39, 0.29) is 0 Å². The number of carbonyl (C=O) groups is 1. The fourth-order valence-electron chi connectivity index (χ4n) is 1.74. The van der Waals surface area contributed by atoms with E-state index in [4.69, 9.17) is 0 Å². The van der Waals surface area contributed by atoms with Crippen LogP contribution < -0.4 is 0 Å². The molecule has 2 aromatic rings. The van der Waals surface area contributed by atoms with E-state index in [1.54, 1.807) is 12.3 Å². The van der Waals surface area contributed by atoms with Crippen molar-refractivity contribution in [3.8, 4) is 11.4 Å². The van der Waals surface area contributed by atoms with Crippen molar-refractivity contribution >= 4 is 6.29 Å². The van der Waals surface area contributed by atoms with Crippen molar-refractivity contribution in [2.24, 2.45) is 0 Å². The zero-order valence-corrected chi connectivity index (χ0v) is 9.26.